The van der Waals surface area contributed by atoms with Gasteiger partial charge in [-0.15, -0.1) is 0 Å². The molecule has 2 aromatic heterocycles. The van der Waals surface area contributed by atoms with Crippen LogP contribution in [0.4, 0.5) is 16.0 Å². The third-order valence-electron chi connectivity index (χ3n) is 4.33. The first-order valence-corrected chi connectivity index (χ1v) is 12.5. The van der Waals surface area contributed by atoms with E-state index in [1.165, 1.54) is 12.1 Å². The summed E-state index contributed by atoms with van der Waals surface area (Å²) in [5, 5.41) is 2.85. The molecule has 12 heteroatoms. The monoisotopic (exact) mass is 481 g/mol. The zero-order valence-electron chi connectivity index (χ0n) is 19.3. The number of anilines is 2. The topological polar surface area (TPSA) is 117 Å². The minimum Gasteiger partial charge on any atom is -0.491 e. The molecule has 0 aliphatic carbocycles. The Hall–Kier alpha value is -3.15. The summed E-state index contributed by atoms with van der Waals surface area (Å²) in [5.41, 5.74) is 0.696. The molecule has 1 N–H and O–H groups in total. The largest absolute Gasteiger partial charge is 0.491 e. The highest BCUT2D eigenvalue weighted by Crippen LogP contribution is 2.31. The van der Waals surface area contributed by atoms with Crippen molar-refractivity contribution >= 4 is 32.9 Å². The fourth-order valence-corrected chi connectivity index (χ4v) is 3.43. The first kappa shape index (κ1) is 24.5. The Morgan fingerprint density at radius 1 is 1.18 bits per heavy atom. The molecular formula is C21H28FN5O5S. The average Bonchev–Trinajstić information content (AvgIpc) is 3.04. The lowest BCUT2D eigenvalue weighted by Gasteiger charge is -2.12. The molecule has 2 heterocycles. The third-order valence-corrected chi connectivity index (χ3v) is 4.78. The van der Waals surface area contributed by atoms with Gasteiger partial charge in [-0.25, -0.2) is 4.39 Å². The van der Waals surface area contributed by atoms with Crippen LogP contribution in [0.15, 0.2) is 18.2 Å². The number of halogens is 1. The smallest absolute Gasteiger partial charge is 0.315 e. The summed E-state index contributed by atoms with van der Waals surface area (Å²) in [5.74, 6) is 0.0414. The predicted molar refractivity (Wildman–Crippen MR) is 122 cm³/mol. The molecular weight excluding hydrogens is 453 g/mol. The zero-order chi connectivity index (χ0) is 24.2. The van der Waals surface area contributed by atoms with Gasteiger partial charge in [0.15, 0.2) is 11.2 Å². The van der Waals surface area contributed by atoms with E-state index in [4.69, 9.17) is 13.7 Å². The van der Waals surface area contributed by atoms with Crippen molar-refractivity contribution in [2.45, 2.75) is 53.2 Å². The molecule has 0 fully saturated rings. The summed E-state index contributed by atoms with van der Waals surface area (Å²) in [6, 6.07) is 4.30. The summed E-state index contributed by atoms with van der Waals surface area (Å²) in [7, 11) is -3.82. The second kappa shape index (κ2) is 10.2. The minimum absolute atomic E-state index is 0.0610. The van der Waals surface area contributed by atoms with Crippen LogP contribution in [0.5, 0.6) is 17.6 Å². The van der Waals surface area contributed by atoms with E-state index in [0.29, 0.717) is 17.9 Å². The van der Waals surface area contributed by atoms with Gasteiger partial charge in [0, 0.05) is 12.6 Å². The Morgan fingerprint density at radius 3 is 2.55 bits per heavy atom. The highest BCUT2D eigenvalue weighted by atomic mass is 32.2. The number of aromatic nitrogens is 4. The van der Waals surface area contributed by atoms with Gasteiger partial charge >= 0.3 is 16.1 Å². The summed E-state index contributed by atoms with van der Waals surface area (Å²) in [6.07, 6.45) is 2.43. The van der Waals surface area contributed by atoms with Crippen molar-refractivity contribution < 1.29 is 26.5 Å². The maximum absolute atomic E-state index is 14.7. The molecule has 0 radical (unpaired) electrons. The lowest BCUT2D eigenvalue weighted by Crippen LogP contribution is -2.11. The molecule has 180 valence electrons. The summed E-state index contributed by atoms with van der Waals surface area (Å²) >= 11 is 0. The first-order valence-electron chi connectivity index (χ1n) is 10.6. The van der Waals surface area contributed by atoms with Gasteiger partial charge in [-0.3, -0.25) is 4.57 Å². The summed E-state index contributed by atoms with van der Waals surface area (Å²) < 4.78 is 55.9. The number of unbranched alkanes of at least 4 members (excludes halogenated alkanes) is 1. The molecule has 0 atom stereocenters. The van der Waals surface area contributed by atoms with Crippen molar-refractivity contribution in [2.75, 3.05) is 18.2 Å². The summed E-state index contributed by atoms with van der Waals surface area (Å²) in [4.78, 5) is 13.0. The molecule has 0 saturated heterocycles. The third kappa shape index (κ3) is 6.21. The van der Waals surface area contributed by atoms with Gasteiger partial charge in [0.2, 0.25) is 11.8 Å². The summed E-state index contributed by atoms with van der Waals surface area (Å²) in [6.45, 7) is 8.17. The fourth-order valence-electron chi connectivity index (χ4n) is 3.03. The highest BCUT2D eigenvalue weighted by Gasteiger charge is 2.22. The number of fused-ring (bicyclic) bond motifs is 1. The Kier molecular flexibility index (Phi) is 7.57. The van der Waals surface area contributed by atoms with Gasteiger partial charge in [0.05, 0.1) is 24.7 Å². The van der Waals surface area contributed by atoms with E-state index >= 15 is 0 Å². The van der Waals surface area contributed by atoms with E-state index in [0.717, 1.165) is 19.1 Å². The molecule has 0 amide bonds. The number of hydrogen-bond donors (Lipinski definition) is 1. The van der Waals surface area contributed by atoms with Crippen LogP contribution in [0.2, 0.25) is 0 Å². The number of aryl methyl sites for hydroxylation is 1. The number of rotatable bonds is 11. The Morgan fingerprint density at radius 2 is 1.94 bits per heavy atom. The van der Waals surface area contributed by atoms with Crippen LogP contribution in [0.1, 0.15) is 40.5 Å². The van der Waals surface area contributed by atoms with Gasteiger partial charge in [0.1, 0.15) is 11.6 Å². The lowest BCUT2D eigenvalue weighted by molar-refractivity contribution is 0.241. The number of ether oxygens (including phenoxy) is 2. The molecule has 0 bridgehead atoms. The number of imidazole rings is 1. The molecule has 3 aromatic rings. The van der Waals surface area contributed by atoms with Gasteiger partial charge in [-0.1, -0.05) is 13.3 Å². The SMILES string of the molecule is CCCCn1c(OS(C)(=O)=O)nc2c(OCC)nc(Nc3ccc(OC(C)C)cc3F)nc21. The standard InChI is InChI=1S/C21H28FN5O5S/c1-6-8-11-27-18-17(24-21(27)32-33(5,28)29)19(30-7-2)26-20(25-18)23-16-10-9-14(12-15(16)22)31-13(3)4/h9-10,12-13H,6-8,11H2,1-5H3,(H,23,25,26). The molecule has 3 rings (SSSR count). The van der Waals surface area contributed by atoms with Crippen molar-refractivity contribution in [3.05, 3.63) is 24.0 Å². The molecule has 0 spiro atoms. The second-order valence-electron chi connectivity index (χ2n) is 7.58. The van der Waals surface area contributed by atoms with Crippen LogP contribution in [0, 0.1) is 5.82 Å². The van der Waals surface area contributed by atoms with Crippen molar-refractivity contribution in [1.29, 1.82) is 0 Å². The molecule has 10 nitrogen and oxygen atoms in total. The van der Waals surface area contributed by atoms with Crippen molar-refractivity contribution in [1.82, 2.24) is 19.5 Å². The van der Waals surface area contributed by atoms with Gasteiger partial charge in [-0.05, 0) is 39.3 Å². The van der Waals surface area contributed by atoms with Gasteiger partial charge in [0.25, 0.3) is 0 Å². The quantitative estimate of drug-likeness (QED) is 0.405. The molecule has 0 aliphatic rings. The van der Waals surface area contributed by atoms with E-state index in [9.17, 15) is 12.8 Å². The van der Waals surface area contributed by atoms with E-state index < -0.39 is 15.9 Å². The van der Waals surface area contributed by atoms with Crippen LogP contribution in [0.3, 0.4) is 0 Å². The molecule has 0 aliphatic heterocycles. The van der Waals surface area contributed by atoms with Crippen LogP contribution < -0.4 is 19.0 Å². The highest BCUT2D eigenvalue weighted by molar-refractivity contribution is 7.86. The van der Waals surface area contributed by atoms with Crippen LogP contribution >= 0.6 is 0 Å². The van der Waals surface area contributed by atoms with Crippen LogP contribution in [-0.2, 0) is 16.7 Å². The van der Waals surface area contributed by atoms with Gasteiger partial charge in [-0.2, -0.15) is 23.4 Å². The molecule has 33 heavy (non-hydrogen) atoms. The molecule has 1 aromatic carbocycles. The molecule has 0 saturated carbocycles. The first-order chi connectivity index (χ1) is 15.6. The maximum atomic E-state index is 14.7. The van der Waals surface area contributed by atoms with E-state index in [1.54, 1.807) is 17.6 Å². The van der Waals surface area contributed by atoms with Gasteiger partial charge < -0.3 is 19.0 Å². The van der Waals surface area contributed by atoms with Crippen molar-refractivity contribution in [2.24, 2.45) is 0 Å². The average molecular weight is 482 g/mol. The number of nitrogens with one attached hydrogen (secondary N) is 1. The lowest BCUT2D eigenvalue weighted by atomic mass is 10.3. The minimum atomic E-state index is -3.82. The predicted octanol–water partition coefficient (Wildman–Crippen LogP) is 4.03. The number of hydrogen-bond acceptors (Lipinski definition) is 9. The number of benzene rings is 1. The van der Waals surface area contributed by atoms with E-state index in [-0.39, 0.29) is 41.8 Å². The second-order valence-corrected chi connectivity index (χ2v) is 9.15. The van der Waals surface area contributed by atoms with Crippen molar-refractivity contribution in [3.8, 4) is 17.6 Å². The Balaban J connectivity index is 2.07. The zero-order valence-corrected chi connectivity index (χ0v) is 20.1. The Labute approximate surface area is 192 Å². The fraction of sp³-hybridized carbons (Fsp3) is 0.476. The van der Waals surface area contributed by atoms with Crippen LogP contribution in [0.25, 0.3) is 11.2 Å². The van der Waals surface area contributed by atoms with E-state index in [1.807, 2.05) is 20.8 Å². The van der Waals surface area contributed by atoms with Crippen molar-refractivity contribution in [3.63, 3.8) is 0 Å². The Bertz CT molecular complexity index is 1230. The van der Waals surface area contributed by atoms with E-state index in [2.05, 4.69) is 20.3 Å². The number of nitrogens with zero attached hydrogens (tertiary/aromatic N) is 4. The maximum Gasteiger partial charge on any atom is 0.315 e. The normalized spacial score (nSPS) is 11.7. The van der Waals surface area contributed by atoms with Crippen LogP contribution in [-0.4, -0.2) is 46.9 Å². The molecule has 0 unspecified atom stereocenters.